The lowest BCUT2D eigenvalue weighted by molar-refractivity contribution is 0.421. The fourth-order valence-electron chi connectivity index (χ4n) is 1.68. The van der Waals surface area contributed by atoms with Crippen molar-refractivity contribution < 1.29 is 13.5 Å². The van der Waals surface area contributed by atoms with Crippen molar-refractivity contribution in [3.8, 4) is 11.6 Å². The zero-order chi connectivity index (χ0) is 13.4. The number of thiazole rings is 1. The fourth-order valence-corrected chi connectivity index (χ4v) is 2.64. The Balaban J connectivity index is 2.05. The van der Waals surface area contributed by atoms with E-state index in [0.29, 0.717) is 10.7 Å². The second-order valence-electron chi connectivity index (χ2n) is 3.73. The molecule has 0 saturated carbocycles. The van der Waals surface area contributed by atoms with E-state index < -0.39 is 11.6 Å². The molecule has 2 heterocycles. The van der Waals surface area contributed by atoms with Gasteiger partial charge in [-0.3, -0.25) is 4.40 Å². The largest absolute Gasteiger partial charge is 0.434 e. The molecule has 2 aromatic heterocycles. The molecular formula is C12H7ClF2N2OS. The van der Waals surface area contributed by atoms with Crippen LogP contribution in [-0.2, 0) is 5.88 Å². The number of hydrogen-bond acceptors (Lipinski definition) is 3. The third kappa shape index (κ3) is 2.17. The Hall–Kier alpha value is -1.66. The van der Waals surface area contributed by atoms with Crippen LogP contribution in [0.15, 0.2) is 29.8 Å². The van der Waals surface area contributed by atoms with Crippen LogP contribution in [-0.4, -0.2) is 9.38 Å². The molecule has 0 atom stereocenters. The first-order valence-electron chi connectivity index (χ1n) is 5.32. The van der Waals surface area contributed by atoms with Gasteiger partial charge in [0.2, 0.25) is 5.88 Å². The zero-order valence-electron chi connectivity index (χ0n) is 9.44. The molecule has 3 aromatic rings. The third-order valence-electron chi connectivity index (χ3n) is 2.55. The fraction of sp³-hybridized carbons (Fsp3) is 0.0833. The Labute approximate surface area is 116 Å². The number of hydrogen-bond donors (Lipinski definition) is 0. The van der Waals surface area contributed by atoms with E-state index in [0.717, 1.165) is 18.2 Å². The van der Waals surface area contributed by atoms with Crippen LogP contribution in [0.25, 0.3) is 4.96 Å². The lowest BCUT2D eigenvalue weighted by Crippen LogP contribution is -1.93. The van der Waals surface area contributed by atoms with Crippen molar-refractivity contribution in [3.05, 3.63) is 47.1 Å². The molecular weight excluding hydrogens is 294 g/mol. The van der Waals surface area contributed by atoms with E-state index in [1.54, 1.807) is 10.6 Å². The van der Waals surface area contributed by atoms with Gasteiger partial charge in [0.25, 0.3) is 0 Å². The predicted molar refractivity (Wildman–Crippen MR) is 69.1 cm³/mol. The predicted octanol–water partition coefficient (Wildman–Crippen LogP) is 4.21. The summed E-state index contributed by atoms with van der Waals surface area (Å²) in [4.78, 5) is 4.88. The van der Waals surface area contributed by atoms with Gasteiger partial charge in [0.15, 0.2) is 16.5 Å². The van der Waals surface area contributed by atoms with Gasteiger partial charge < -0.3 is 4.74 Å². The van der Waals surface area contributed by atoms with E-state index in [9.17, 15) is 8.78 Å². The molecule has 0 aliphatic carbocycles. The molecule has 0 fully saturated rings. The molecule has 7 heteroatoms. The van der Waals surface area contributed by atoms with E-state index >= 15 is 0 Å². The minimum absolute atomic E-state index is 0.157. The monoisotopic (exact) mass is 300 g/mol. The van der Waals surface area contributed by atoms with Gasteiger partial charge in [-0.05, 0) is 12.1 Å². The minimum atomic E-state index is -0.654. The Morgan fingerprint density at radius 3 is 3.00 bits per heavy atom. The van der Waals surface area contributed by atoms with Crippen LogP contribution >= 0.6 is 22.9 Å². The van der Waals surface area contributed by atoms with Crippen molar-refractivity contribution in [2.45, 2.75) is 5.88 Å². The number of alkyl halides is 1. The van der Waals surface area contributed by atoms with Crippen molar-refractivity contribution in [1.82, 2.24) is 9.38 Å². The van der Waals surface area contributed by atoms with E-state index in [-0.39, 0.29) is 17.5 Å². The molecule has 19 heavy (non-hydrogen) atoms. The van der Waals surface area contributed by atoms with Gasteiger partial charge >= 0.3 is 0 Å². The van der Waals surface area contributed by atoms with Gasteiger partial charge in [-0.2, -0.15) is 4.98 Å². The molecule has 0 bridgehead atoms. The van der Waals surface area contributed by atoms with E-state index in [4.69, 9.17) is 16.3 Å². The Kier molecular flexibility index (Phi) is 3.12. The first-order valence-corrected chi connectivity index (χ1v) is 6.74. The van der Waals surface area contributed by atoms with E-state index in [2.05, 4.69) is 4.98 Å². The van der Waals surface area contributed by atoms with E-state index in [1.807, 2.05) is 5.38 Å². The normalized spacial score (nSPS) is 11.1. The van der Waals surface area contributed by atoms with Gasteiger partial charge in [-0.25, -0.2) is 8.78 Å². The Morgan fingerprint density at radius 2 is 2.21 bits per heavy atom. The van der Waals surface area contributed by atoms with Crippen LogP contribution in [0.2, 0.25) is 0 Å². The molecule has 0 saturated heterocycles. The van der Waals surface area contributed by atoms with Gasteiger partial charge in [-0.1, -0.05) is 0 Å². The second-order valence-corrected chi connectivity index (χ2v) is 4.87. The summed E-state index contributed by atoms with van der Waals surface area (Å²) in [6, 6.07) is 3.00. The first kappa shape index (κ1) is 12.4. The smallest absolute Gasteiger partial charge is 0.243 e. The number of halogens is 3. The minimum Gasteiger partial charge on any atom is -0.434 e. The Morgan fingerprint density at radius 1 is 1.37 bits per heavy atom. The maximum Gasteiger partial charge on any atom is 0.243 e. The number of ether oxygens (including phenoxy) is 1. The summed E-state index contributed by atoms with van der Waals surface area (Å²) in [5.74, 6) is -1.10. The molecule has 98 valence electrons. The Bertz CT molecular complexity index is 740. The van der Waals surface area contributed by atoms with Crippen LogP contribution < -0.4 is 4.74 Å². The maximum atomic E-state index is 13.5. The summed E-state index contributed by atoms with van der Waals surface area (Å²) in [5, 5.41) is 1.85. The molecule has 0 radical (unpaired) electrons. The lowest BCUT2D eigenvalue weighted by Gasteiger charge is -2.05. The topological polar surface area (TPSA) is 26.5 Å². The third-order valence-corrected chi connectivity index (χ3v) is 3.56. The highest BCUT2D eigenvalue weighted by atomic mass is 35.5. The molecule has 3 rings (SSSR count). The van der Waals surface area contributed by atoms with Crippen LogP contribution in [0, 0.1) is 11.6 Å². The van der Waals surface area contributed by atoms with Crippen molar-refractivity contribution in [1.29, 1.82) is 0 Å². The highest BCUT2D eigenvalue weighted by Gasteiger charge is 2.16. The number of imidazole rings is 1. The molecule has 1 aromatic carbocycles. The second kappa shape index (κ2) is 4.79. The molecule has 0 unspecified atom stereocenters. The number of rotatable bonds is 3. The van der Waals surface area contributed by atoms with E-state index in [1.165, 1.54) is 11.3 Å². The van der Waals surface area contributed by atoms with Crippen molar-refractivity contribution in [2.24, 2.45) is 0 Å². The molecule has 0 aliphatic rings. The standard InChI is InChI=1S/C12H7ClF2N2OS/c13-6-9-11(16-12-17(9)3-4-19-12)18-10-5-7(14)1-2-8(10)15/h1-5H,6H2. The summed E-state index contributed by atoms with van der Waals surface area (Å²) in [5.41, 5.74) is 0.599. The SMILES string of the molecule is Fc1ccc(F)c(Oc2nc3sccn3c2CCl)c1. The summed E-state index contributed by atoms with van der Waals surface area (Å²) < 4.78 is 33.7. The number of nitrogens with zero attached hydrogens (tertiary/aromatic N) is 2. The van der Waals surface area contributed by atoms with Crippen molar-refractivity contribution >= 4 is 27.9 Å². The summed E-state index contributed by atoms with van der Waals surface area (Å²) in [7, 11) is 0. The zero-order valence-corrected chi connectivity index (χ0v) is 11.0. The average molecular weight is 301 g/mol. The van der Waals surface area contributed by atoms with Gasteiger partial charge in [0.05, 0.1) is 5.88 Å². The number of aromatic nitrogens is 2. The van der Waals surface area contributed by atoms with Gasteiger partial charge in [-0.15, -0.1) is 22.9 Å². The molecule has 0 spiro atoms. The van der Waals surface area contributed by atoms with Crippen LogP contribution in [0.1, 0.15) is 5.69 Å². The quantitative estimate of drug-likeness (QED) is 0.678. The highest BCUT2D eigenvalue weighted by molar-refractivity contribution is 7.15. The maximum absolute atomic E-state index is 13.5. The highest BCUT2D eigenvalue weighted by Crippen LogP contribution is 2.30. The lowest BCUT2D eigenvalue weighted by atomic mass is 10.3. The average Bonchev–Trinajstić information content (AvgIpc) is 2.94. The van der Waals surface area contributed by atoms with Gasteiger partial charge in [0.1, 0.15) is 11.5 Å². The summed E-state index contributed by atoms with van der Waals surface area (Å²) in [6.45, 7) is 0. The summed E-state index contributed by atoms with van der Waals surface area (Å²) in [6.07, 6.45) is 1.79. The number of benzene rings is 1. The molecule has 3 nitrogen and oxygen atoms in total. The molecule has 0 N–H and O–H groups in total. The molecule has 0 aliphatic heterocycles. The van der Waals surface area contributed by atoms with Crippen LogP contribution in [0.5, 0.6) is 11.6 Å². The summed E-state index contributed by atoms with van der Waals surface area (Å²) >= 11 is 7.24. The van der Waals surface area contributed by atoms with Crippen LogP contribution in [0.3, 0.4) is 0 Å². The first-order chi connectivity index (χ1) is 9.19. The van der Waals surface area contributed by atoms with Crippen molar-refractivity contribution in [2.75, 3.05) is 0 Å². The molecule has 0 amide bonds. The van der Waals surface area contributed by atoms with Gasteiger partial charge in [0, 0.05) is 17.6 Å². The van der Waals surface area contributed by atoms with Crippen LogP contribution in [0.4, 0.5) is 8.78 Å². The number of fused-ring (bicyclic) bond motifs is 1. The van der Waals surface area contributed by atoms with Crippen molar-refractivity contribution in [3.63, 3.8) is 0 Å².